The molecule has 0 aromatic carbocycles. The van der Waals surface area contributed by atoms with Crippen molar-refractivity contribution >= 4 is 0 Å². The van der Waals surface area contributed by atoms with E-state index in [1.165, 1.54) is 83.5 Å². The van der Waals surface area contributed by atoms with Gasteiger partial charge in [0.25, 0.3) is 0 Å². The Bertz CT molecular complexity index is 429. The Kier molecular flexibility index (Phi) is 8.97. The molecule has 0 bridgehead atoms. The zero-order chi connectivity index (χ0) is 18.9. The van der Waals surface area contributed by atoms with E-state index in [-0.39, 0.29) is 0 Å². The minimum absolute atomic E-state index is 0.298. The van der Waals surface area contributed by atoms with Crippen LogP contribution in [-0.2, 0) is 4.74 Å². The molecule has 1 nitrogen and oxygen atoms in total. The minimum Gasteiger partial charge on any atom is -0.374 e. The smallest absolute Gasteiger partial charge is 0.0753 e. The van der Waals surface area contributed by atoms with Crippen molar-refractivity contribution in [3.63, 3.8) is 0 Å². The predicted molar refractivity (Wildman–Crippen MR) is 117 cm³/mol. The lowest BCUT2D eigenvalue weighted by atomic mass is 9.68. The standard InChI is InChI=1S/C26H44O/c1-3-5-6-7-21-10-15-24(16-11-21)25-17-12-22(13-18-25)8-9-23-14-19-26(4-2)27-20-23/h4,8-9,21-26H,2-3,5-7,10-20H2,1H3. The van der Waals surface area contributed by atoms with Crippen molar-refractivity contribution in [2.45, 2.75) is 103 Å². The van der Waals surface area contributed by atoms with Crippen LogP contribution >= 0.6 is 0 Å². The maximum Gasteiger partial charge on any atom is 0.0753 e. The van der Waals surface area contributed by atoms with Crippen LogP contribution in [0.1, 0.15) is 96.8 Å². The first kappa shape index (κ1) is 21.2. The quantitative estimate of drug-likeness (QED) is 0.313. The summed E-state index contributed by atoms with van der Waals surface area (Å²) in [7, 11) is 0. The molecule has 2 atom stereocenters. The van der Waals surface area contributed by atoms with Crippen LogP contribution in [0.5, 0.6) is 0 Å². The highest BCUT2D eigenvalue weighted by atomic mass is 16.5. The zero-order valence-electron chi connectivity index (χ0n) is 17.9. The molecule has 0 aromatic rings. The summed E-state index contributed by atoms with van der Waals surface area (Å²) in [5, 5.41) is 0. The number of rotatable bonds is 8. The monoisotopic (exact) mass is 372 g/mol. The maximum atomic E-state index is 5.85. The van der Waals surface area contributed by atoms with Crippen LogP contribution in [0.3, 0.4) is 0 Å². The topological polar surface area (TPSA) is 9.23 Å². The Morgan fingerprint density at radius 3 is 2.00 bits per heavy atom. The van der Waals surface area contributed by atoms with E-state index < -0.39 is 0 Å². The molecule has 3 fully saturated rings. The molecule has 0 N–H and O–H groups in total. The van der Waals surface area contributed by atoms with Crippen LogP contribution in [-0.4, -0.2) is 12.7 Å². The third kappa shape index (κ3) is 6.77. The fourth-order valence-electron chi connectivity index (χ4n) is 5.88. The van der Waals surface area contributed by atoms with Gasteiger partial charge in [0.1, 0.15) is 0 Å². The number of unbranched alkanes of at least 4 members (excludes halogenated alkanes) is 2. The lowest BCUT2D eigenvalue weighted by Crippen LogP contribution is -2.26. The molecule has 1 heterocycles. The molecule has 2 aliphatic carbocycles. The molecule has 2 saturated carbocycles. The van der Waals surface area contributed by atoms with Crippen LogP contribution in [0.4, 0.5) is 0 Å². The van der Waals surface area contributed by atoms with Gasteiger partial charge in [0, 0.05) is 5.92 Å². The summed E-state index contributed by atoms with van der Waals surface area (Å²) < 4.78 is 5.85. The van der Waals surface area contributed by atoms with Gasteiger partial charge in [-0.25, -0.2) is 0 Å². The second-order valence-electron chi connectivity index (χ2n) is 9.78. The van der Waals surface area contributed by atoms with Crippen LogP contribution in [0, 0.1) is 29.6 Å². The molecule has 0 spiro atoms. The van der Waals surface area contributed by atoms with Gasteiger partial charge in [-0.2, -0.15) is 0 Å². The Morgan fingerprint density at radius 2 is 1.41 bits per heavy atom. The molecule has 27 heavy (non-hydrogen) atoms. The average molecular weight is 373 g/mol. The number of ether oxygens (including phenoxy) is 1. The first-order valence-electron chi connectivity index (χ1n) is 12.2. The molecular weight excluding hydrogens is 328 g/mol. The fraction of sp³-hybridized carbons (Fsp3) is 0.846. The largest absolute Gasteiger partial charge is 0.374 e. The molecular formula is C26H44O. The summed E-state index contributed by atoms with van der Waals surface area (Å²) in [6.45, 7) is 7.07. The van der Waals surface area contributed by atoms with E-state index in [0.29, 0.717) is 12.0 Å². The third-order valence-electron chi connectivity index (χ3n) is 7.86. The van der Waals surface area contributed by atoms with Gasteiger partial charge in [-0.05, 0) is 75.0 Å². The molecule has 1 saturated heterocycles. The summed E-state index contributed by atoms with van der Waals surface area (Å²) in [6.07, 6.45) is 27.5. The molecule has 1 aliphatic heterocycles. The SMILES string of the molecule is C=CC1CCC(C=CC2CCC(C3CCC(CCCCC)CC3)CC2)CO1. The highest BCUT2D eigenvalue weighted by Gasteiger charge is 2.30. The van der Waals surface area contributed by atoms with Gasteiger partial charge in [-0.1, -0.05) is 63.7 Å². The van der Waals surface area contributed by atoms with Crippen molar-refractivity contribution in [1.82, 2.24) is 0 Å². The summed E-state index contributed by atoms with van der Waals surface area (Å²) >= 11 is 0. The average Bonchev–Trinajstić information content (AvgIpc) is 2.74. The van der Waals surface area contributed by atoms with Crippen molar-refractivity contribution in [3.05, 3.63) is 24.8 Å². The number of hydrogen-bond donors (Lipinski definition) is 0. The fourth-order valence-corrected chi connectivity index (χ4v) is 5.88. The van der Waals surface area contributed by atoms with Crippen molar-refractivity contribution in [3.8, 4) is 0 Å². The molecule has 0 aromatic heterocycles. The van der Waals surface area contributed by atoms with Crippen LogP contribution in [0.25, 0.3) is 0 Å². The van der Waals surface area contributed by atoms with Crippen molar-refractivity contribution in [2.75, 3.05) is 6.61 Å². The highest BCUT2D eigenvalue weighted by molar-refractivity contribution is 4.97. The number of allylic oxidation sites excluding steroid dienone is 1. The summed E-state index contributed by atoms with van der Waals surface area (Å²) in [5.41, 5.74) is 0. The van der Waals surface area contributed by atoms with Crippen LogP contribution < -0.4 is 0 Å². The Hall–Kier alpha value is -0.560. The van der Waals surface area contributed by atoms with Gasteiger partial charge in [0.15, 0.2) is 0 Å². The van der Waals surface area contributed by atoms with Crippen LogP contribution in [0.15, 0.2) is 24.8 Å². The van der Waals surface area contributed by atoms with Gasteiger partial charge >= 0.3 is 0 Å². The first-order chi connectivity index (χ1) is 13.3. The van der Waals surface area contributed by atoms with Gasteiger partial charge in [0.05, 0.1) is 12.7 Å². The van der Waals surface area contributed by atoms with Gasteiger partial charge in [-0.3, -0.25) is 0 Å². The zero-order valence-corrected chi connectivity index (χ0v) is 17.9. The summed E-state index contributed by atoms with van der Waals surface area (Å²) in [5.74, 6) is 4.63. The third-order valence-corrected chi connectivity index (χ3v) is 7.86. The van der Waals surface area contributed by atoms with E-state index in [9.17, 15) is 0 Å². The van der Waals surface area contributed by atoms with E-state index in [0.717, 1.165) is 36.7 Å². The van der Waals surface area contributed by atoms with E-state index in [4.69, 9.17) is 4.74 Å². The Morgan fingerprint density at radius 1 is 0.778 bits per heavy atom. The lowest BCUT2D eigenvalue weighted by Gasteiger charge is -2.37. The van der Waals surface area contributed by atoms with Gasteiger partial charge in [0.2, 0.25) is 0 Å². The van der Waals surface area contributed by atoms with Crippen molar-refractivity contribution in [1.29, 1.82) is 0 Å². The van der Waals surface area contributed by atoms with Crippen LogP contribution in [0.2, 0.25) is 0 Å². The van der Waals surface area contributed by atoms with E-state index >= 15 is 0 Å². The Balaban J connectivity index is 1.31. The Labute approximate surface area is 169 Å². The molecule has 2 unspecified atom stereocenters. The summed E-state index contributed by atoms with van der Waals surface area (Å²) in [4.78, 5) is 0. The minimum atomic E-state index is 0.298. The highest BCUT2D eigenvalue weighted by Crippen LogP contribution is 2.42. The molecule has 154 valence electrons. The normalized spacial score (nSPS) is 38.1. The second kappa shape index (κ2) is 11.4. The first-order valence-corrected chi connectivity index (χ1v) is 12.2. The lowest BCUT2D eigenvalue weighted by molar-refractivity contribution is 0.0245. The molecule has 0 radical (unpaired) electrons. The van der Waals surface area contributed by atoms with E-state index in [1.807, 2.05) is 6.08 Å². The van der Waals surface area contributed by atoms with Crippen molar-refractivity contribution in [2.24, 2.45) is 29.6 Å². The predicted octanol–water partition coefficient (Wildman–Crippen LogP) is 7.72. The van der Waals surface area contributed by atoms with Gasteiger partial charge in [-0.15, -0.1) is 6.58 Å². The van der Waals surface area contributed by atoms with Gasteiger partial charge < -0.3 is 4.74 Å². The molecule has 3 aliphatic rings. The second-order valence-corrected chi connectivity index (χ2v) is 9.78. The van der Waals surface area contributed by atoms with E-state index in [1.54, 1.807) is 0 Å². The maximum absolute atomic E-state index is 5.85. The molecule has 3 rings (SSSR count). The van der Waals surface area contributed by atoms with E-state index in [2.05, 4.69) is 25.7 Å². The molecule has 1 heteroatoms. The van der Waals surface area contributed by atoms with Crippen molar-refractivity contribution < 1.29 is 4.74 Å². The molecule has 0 amide bonds. The number of hydrogen-bond acceptors (Lipinski definition) is 1. The summed E-state index contributed by atoms with van der Waals surface area (Å²) in [6, 6.07) is 0.